The lowest BCUT2D eigenvalue weighted by Crippen LogP contribution is -2.40. The molecular formula is C12H17Cl2N3O3S. The summed E-state index contributed by atoms with van der Waals surface area (Å²) in [5.74, 6) is -0.750. The van der Waals surface area contributed by atoms with Crippen LogP contribution in [-0.4, -0.2) is 31.7 Å². The monoisotopic (exact) mass is 353 g/mol. The molecule has 21 heavy (non-hydrogen) atoms. The normalized spacial score (nSPS) is 12.1. The van der Waals surface area contributed by atoms with Gasteiger partial charge in [0.15, 0.2) is 0 Å². The molecule has 6 nitrogen and oxygen atoms in total. The summed E-state index contributed by atoms with van der Waals surface area (Å²) >= 11 is 11.8. The predicted octanol–water partition coefficient (Wildman–Crippen LogP) is 1.71. The van der Waals surface area contributed by atoms with Crippen molar-refractivity contribution in [2.75, 3.05) is 18.8 Å². The van der Waals surface area contributed by atoms with E-state index in [0.717, 1.165) is 4.31 Å². The van der Waals surface area contributed by atoms with E-state index in [1.165, 1.54) is 12.1 Å². The summed E-state index contributed by atoms with van der Waals surface area (Å²) in [7, 11) is -4.00. The number of carbonyl (C=O) groups excluding carboxylic acids is 1. The number of hydrogen-bond donors (Lipinski definition) is 2. The first-order valence-electron chi connectivity index (χ1n) is 6.09. The van der Waals surface area contributed by atoms with Gasteiger partial charge >= 0.3 is 0 Å². The quantitative estimate of drug-likeness (QED) is 0.759. The third-order valence-corrected chi connectivity index (χ3v) is 5.31. The zero-order chi connectivity index (χ0) is 16.4. The number of halogens is 2. The maximum atomic E-state index is 12.6. The summed E-state index contributed by atoms with van der Waals surface area (Å²) in [6, 6.07) is 2.60. The molecule has 0 fully saturated rings. The van der Waals surface area contributed by atoms with Crippen LogP contribution in [0.4, 0.5) is 5.69 Å². The molecule has 0 saturated heterocycles. The van der Waals surface area contributed by atoms with Gasteiger partial charge in [-0.15, -0.1) is 0 Å². The topological polar surface area (TPSA) is 106 Å². The van der Waals surface area contributed by atoms with Gasteiger partial charge in [0.2, 0.25) is 15.9 Å². The molecule has 0 unspecified atom stereocenters. The zero-order valence-corrected chi connectivity index (χ0v) is 14.0. The molecule has 1 aromatic rings. The van der Waals surface area contributed by atoms with Gasteiger partial charge < -0.3 is 11.5 Å². The highest BCUT2D eigenvalue weighted by atomic mass is 35.5. The Balaban J connectivity index is 3.35. The summed E-state index contributed by atoms with van der Waals surface area (Å²) in [6.07, 6.45) is 0. The van der Waals surface area contributed by atoms with Gasteiger partial charge in [0.05, 0.1) is 22.3 Å². The van der Waals surface area contributed by atoms with E-state index in [-0.39, 0.29) is 33.1 Å². The van der Waals surface area contributed by atoms with Crippen LogP contribution in [0.3, 0.4) is 0 Å². The molecule has 4 N–H and O–H groups in total. The number of primary amides is 1. The number of carbonyl (C=O) groups is 1. The number of amides is 1. The third-order valence-electron chi connectivity index (χ3n) is 2.61. The van der Waals surface area contributed by atoms with Crippen LogP contribution in [0.5, 0.6) is 0 Å². The summed E-state index contributed by atoms with van der Waals surface area (Å²) in [5, 5.41) is -0.00927. The minimum atomic E-state index is -4.00. The molecule has 118 valence electrons. The molecular weight excluding hydrogens is 337 g/mol. The van der Waals surface area contributed by atoms with Gasteiger partial charge in [-0.2, -0.15) is 4.31 Å². The van der Waals surface area contributed by atoms with E-state index < -0.39 is 22.5 Å². The maximum Gasteiger partial charge on any atom is 0.245 e. The Hall–Kier alpha value is -1.02. The minimum Gasteiger partial charge on any atom is -0.396 e. The fraction of sp³-hybridized carbons (Fsp3) is 0.417. The van der Waals surface area contributed by atoms with Gasteiger partial charge in [-0.05, 0) is 18.1 Å². The molecule has 0 spiro atoms. The Labute approximate surface area is 134 Å². The van der Waals surface area contributed by atoms with Crippen LogP contribution in [0.25, 0.3) is 0 Å². The SMILES string of the molecule is CC(C)CN(CC(N)=O)S(=O)(=O)c1ccc(Cl)c(N)c1Cl. The highest BCUT2D eigenvalue weighted by Crippen LogP contribution is 2.34. The van der Waals surface area contributed by atoms with Crippen molar-refractivity contribution >= 4 is 44.8 Å². The number of sulfonamides is 1. The van der Waals surface area contributed by atoms with Gasteiger partial charge in [-0.3, -0.25) is 4.79 Å². The second kappa shape index (κ2) is 6.83. The lowest BCUT2D eigenvalue weighted by atomic mass is 10.2. The van der Waals surface area contributed by atoms with Crippen molar-refractivity contribution in [3.8, 4) is 0 Å². The van der Waals surface area contributed by atoms with Crippen molar-refractivity contribution < 1.29 is 13.2 Å². The largest absolute Gasteiger partial charge is 0.396 e. The average molecular weight is 354 g/mol. The average Bonchev–Trinajstić information content (AvgIpc) is 2.33. The third kappa shape index (κ3) is 4.23. The molecule has 0 aliphatic carbocycles. The second-order valence-corrected chi connectivity index (χ2v) is 7.62. The molecule has 0 radical (unpaired) electrons. The number of anilines is 1. The molecule has 1 aromatic carbocycles. The fourth-order valence-electron chi connectivity index (χ4n) is 1.72. The van der Waals surface area contributed by atoms with Crippen molar-refractivity contribution in [1.29, 1.82) is 0 Å². The molecule has 0 aliphatic heterocycles. The van der Waals surface area contributed by atoms with E-state index in [0.29, 0.717) is 0 Å². The van der Waals surface area contributed by atoms with E-state index in [4.69, 9.17) is 34.7 Å². The number of nitrogens with two attached hydrogens (primary N) is 2. The number of nitrogens with zero attached hydrogens (tertiary/aromatic N) is 1. The van der Waals surface area contributed by atoms with E-state index in [1.807, 2.05) is 13.8 Å². The van der Waals surface area contributed by atoms with Crippen LogP contribution in [0.15, 0.2) is 17.0 Å². The molecule has 9 heteroatoms. The summed E-state index contributed by atoms with van der Waals surface area (Å²) in [5.41, 5.74) is 10.7. The second-order valence-electron chi connectivity index (χ2n) is 4.93. The number of rotatable bonds is 6. The van der Waals surface area contributed by atoms with Gasteiger partial charge in [-0.25, -0.2) is 8.42 Å². The van der Waals surface area contributed by atoms with Crippen molar-refractivity contribution in [3.05, 3.63) is 22.2 Å². The van der Waals surface area contributed by atoms with Crippen LogP contribution in [0, 0.1) is 5.92 Å². The summed E-state index contributed by atoms with van der Waals surface area (Å²) in [4.78, 5) is 10.9. The van der Waals surface area contributed by atoms with Crippen molar-refractivity contribution in [2.24, 2.45) is 11.7 Å². The minimum absolute atomic E-state index is 0.00236. The lowest BCUT2D eigenvalue weighted by molar-refractivity contribution is -0.118. The van der Waals surface area contributed by atoms with Crippen LogP contribution < -0.4 is 11.5 Å². The molecule has 0 saturated carbocycles. The first-order chi connectivity index (χ1) is 9.57. The number of benzene rings is 1. The van der Waals surface area contributed by atoms with Crippen molar-refractivity contribution in [2.45, 2.75) is 18.7 Å². The van der Waals surface area contributed by atoms with Crippen molar-refractivity contribution in [3.63, 3.8) is 0 Å². The Kier molecular flexibility index (Phi) is 5.86. The Morgan fingerprint density at radius 2 is 1.90 bits per heavy atom. The lowest BCUT2D eigenvalue weighted by Gasteiger charge is -2.23. The Morgan fingerprint density at radius 3 is 2.38 bits per heavy atom. The number of hydrogen-bond acceptors (Lipinski definition) is 4. The molecule has 0 heterocycles. The Bertz CT molecular complexity index is 647. The Morgan fingerprint density at radius 1 is 1.33 bits per heavy atom. The van der Waals surface area contributed by atoms with Crippen LogP contribution in [0.2, 0.25) is 10.0 Å². The van der Waals surface area contributed by atoms with Crippen molar-refractivity contribution in [1.82, 2.24) is 4.31 Å². The standard InChI is InChI=1S/C12H17Cl2N3O3S/c1-7(2)5-17(6-10(15)18)21(19,20)9-4-3-8(13)12(16)11(9)14/h3-4,7H,5-6,16H2,1-2H3,(H2,15,18). The predicted molar refractivity (Wildman–Crippen MR) is 83.7 cm³/mol. The first-order valence-corrected chi connectivity index (χ1v) is 8.29. The van der Waals surface area contributed by atoms with Crippen LogP contribution in [0.1, 0.15) is 13.8 Å². The van der Waals surface area contributed by atoms with Gasteiger partial charge in [0, 0.05) is 6.54 Å². The summed E-state index contributed by atoms with van der Waals surface area (Å²) < 4.78 is 26.2. The molecule has 0 bridgehead atoms. The van der Waals surface area contributed by atoms with E-state index in [2.05, 4.69) is 0 Å². The smallest absolute Gasteiger partial charge is 0.245 e. The zero-order valence-electron chi connectivity index (χ0n) is 11.6. The van der Waals surface area contributed by atoms with Crippen LogP contribution in [-0.2, 0) is 14.8 Å². The fourth-order valence-corrected chi connectivity index (χ4v) is 4.03. The van der Waals surface area contributed by atoms with E-state index in [1.54, 1.807) is 0 Å². The van der Waals surface area contributed by atoms with E-state index >= 15 is 0 Å². The van der Waals surface area contributed by atoms with Gasteiger partial charge in [0.1, 0.15) is 4.90 Å². The molecule has 0 atom stereocenters. The summed E-state index contributed by atoms with van der Waals surface area (Å²) in [6.45, 7) is 3.34. The molecule has 0 aliphatic rings. The first kappa shape index (κ1) is 18.0. The van der Waals surface area contributed by atoms with E-state index in [9.17, 15) is 13.2 Å². The number of nitrogen functional groups attached to an aromatic ring is 1. The highest BCUT2D eigenvalue weighted by molar-refractivity contribution is 7.89. The maximum absolute atomic E-state index is 12.6. The highest BCUT2D eigenvalue weighted by Gasteiger charge is 2.29. The molecule has 0 aromatic heterocycles. The van der Waals surface area contributed by atoms with Gasteiger partial charge in [0.25, 0.3) is 0 Å². The molecule has 1 rings (SSSR count). The molecule has 1 amide bonds. The van der Waals surface area contributed by atoms with Gasteiger partial charge in [-0.1, -0.05) is 37.0 Å². The van der Waals surface area contributed by atoms with Crippen LogP contribution >= 0.6 is 23.2 Å².